The highest BCUT2D eigenvalue weighted by molar-refractivity contribution is 6.55. The fourth-order valence-electron chi connectivity index (χ4n) is 2.56. The Labute approximate surface area is 188 Å². The van der Waals surface area contributed by atoms with Gasteiger partial charge in [-0.25, -0.2) is 0 Å². The lowest BCUT2D eigenvalue weighted by atomic mass is 10.1. The zero-order valence-electron chi connectivity index (χ0n) is 14.7. The van der Waals surface area contributed by atoms with Gasteiger partial charge in [0, 0.05) is 11.5 Å². The second kappa shape index (κ2) is 9.15. The molecule has 8 heteroatoms. The molecule has 2 aromatic carbocycles. The predicted molar refractivity (Wildman–Crippen MR) is 116 cm³/mol. The van der Waals surface area contributed by atoms with E-state index in [-0.39, 0.29) is 49.2 Å². The molecule has 0 bridgehead atoms. The topological polar surface area (TPSA) is 35.5 Å². The van der Waals surface area contributed by atoms with Gasteiger partial charge in [-0.3, -0.25) is 4.79 Å². The van der Waals surface area contributed by atoms with E-state index in [1.807, 2.05) is 12.1 Å². The molecule has 1 saturated carbocycles. The van der Waals surface area contributed by atoms with E-state index in [1.54, 1.807) is 25.3 Å². The van der Waals surface area contributed by atoms with Crippen molar-refractivity contribution in [1.82, 2.24) is 0 Å². The zero-order valence-corrected chi connectivity index (χ0v) is 18.5. The number of ketones is 1. The maximum Gasteiger partial charge on any atom is 0.160 e. The second-order valence-corrected chi connectivity index (χ2v) is 8.16. The molecule has 1 aliphatic carbocycles. The molecular formula is C20H15Cl5O3. The van der Waals surface area contributed by atoms with Gasteiger partial charge in [0.05, 0.1) is 22.2 Å². The number of halogens is 5. The van der Waals surface area contributed by atoms with Crippen LogP contribution in [0.1, 0.15) is 24.0 Å². The molecule has 0 heterocycles. The van der Waals surface area contributed by atoms with Crippen molar-refractivity contribution in [3.8, 4) is 11.5 Å². The Hall–Kier alpha value is -1.10. The molecule has 0 amide bonds. The van der Waals surface area contributed by atoms with Crippen molar-refractivity contribution in [3.63, 3.8) is 0 Å². The van der Waals surface area contributed by atoms with E-state index < -0.39 is 0 Å². The molecule has 28 heavy (non-hydrogen) atoms. The summed E-state index contributed by atoms with van der Waals surface area (Å²) in [5.74, 6) is 1.08. The first-order chi connectivity index (χ1) is 13.3. The number of methoxy groups -OCH3 is 1. The van der Waals surface area contributed by atoms with Crippen LogP contribution < -0.4 is 9.47 Å². The number of carbonyl (C=O) groups excluding carboxylic acids is 1. The first-order valence-corrected chi connectivity index (χ1v) is 10.3. The summed E-state index contributed by atoms with van der Waals surface area (Å²) in [7, 11) is 1.56. The molecule has 0 atom stereocenters. The minimum absolute atomic E-state index is 0.0648. The summed E-state index contributed by atoms with van der Waals surface area (Å²) >= 11 is 30.5. The van der Waals surface area contributed by atoms with Crippen LogP contribution in [0.3, 0.4) is 0 Å². The normalized spacial score (nSPS) is 13.8. The lowest BCUT2D eigenvalue weighted by Gasteiger charge is -2.15. The summed E-state index contributed by atoms with van der Waals surface area (Å²) in [6, 6.07) is 5.51. The van der Waals surface area contributed by atoms with Gasteiger partial charge >= 0.3 is 0 Å². The molecule has 0 aromatic heterocycles. The van der Waals surface area contributed by atoms with E-state index in [0.717, 1.165) is 24.0 Å². The molecule has 148 valence electrons. The summed E-state index contributed by atoms with van der Waals surface area (Å²) in [4.78, 5) is 11.9. The highest BCUT2D eigenvalue weighted by atomic mass is 35.5. The smallest absolute Gasteiger partial charge is 0.160 e. The molecule has 0 spiro atoms. The van der Waals surface area contributed by atoms with Crippen LogP contribution in [-0.2, 0) is 11.4 Å². The molecule has 3 rings (SSSR count). The van der Waals surface area contributed by atoms with Crippen molar-refractivity contribution in [1.29, 1.82) is 0 Å². The third-order valence-corrected chi connectivity index (χ3v) is 6.51. The number of allylic oxidation sites excluding steroid dienone is 1. The minimum atomic E-state index is 0.0648. The zero-order chi connectivity index (χ0) is 20.4. The molecule has 0 saturated heterocycles. The van der Waals surface area contributed by atoms with Gasteiger partial charge in [0.1, 0.15) is 22.4 Å². The third kappa shape index (κ3) is 4.72. The van der Waals surface area contributed by atoms with E-state index in [0.29, 0.717) is 5.75 Å². The molecule has 1 aliphatic rings. The van der Waals surface area contributed by atoms with Crippen molar-refractivity contribution in [2.45, 2.75) is 19.4 Å². The van der Waals surface area contributed by atoms with Crippen molar-refractivity contribution in [2.75, 3.05) is 7.11 Å². The van der Waals surface area contributed by atoms with Crippen LogP contribution in [0.5, 0.6) is 11.5 Å². The molecule has 0 radical (unpaired) electrons. The van der Waals surface area contributed by atoms with Crippen LogP contribution in [-0.4, -0.2) is 12.9 Å². The maximum atomic E-state index is 11.9. The fourth-order valence-corrected chi connectivity index (χ4v) is 3.79. The van der Waals surface area contributed by atoms with Gasteiger partial charge in [-0.15, -0.1) is 0 Å². The molecule has 0 aliphatic heterocycles. The van der Waals surface area contributed by atoms with Gasteiger partial charge in [0.25, 0.3) is 0 Å². The first-order valence-electron chi connectivity index (χ1n) is 8.36. The van der Waals surface area contributed by atoms with Crippen LogP contribution in [0.25, 0.3) is 6.08 Å². The van der Waals surface area contributed by atoms with Crippen molar-refractivity contribution in [2.24, 2.45) is 5.92 Å². The Morgan fingerprint density at radius 3 is 2.21 bits per heavy atom. The summed E-state index contributed by atoms with van der Waals surface area (Å²) in [6.45, 7) is 0.0924. The molecule has 0 unspecified atom stereocenters. The van der Waals surface area contributed by atoms with Crippen molar-refractivity contribution < 1.29 is 14.3 Å². The van der Waals surface area contributed by atoms with E-state index >= 15 is 0 Å². The standard InChI is InChI=1S/C20H15Cl5O3/c1-27-14-7-3-10(2-6-13(26)11-4-5-11)8-12(14)9-28-20-18(24)16(22)15(21)17(23)19(20)25/h2-3,6-8,11H,4-5,9H2,1H3/b6-2+. The van der Waals surface area contributed by atoms with E-state index in [9.17, 15) is 4.79 Å². The summed E-state index contributed by atoms with van der Waals surface area (Å²) in [5.41, 5.74) is 1.58. The number of hydrogen-bond acceptors (Lipinski definition) is 3. The van der Waals surface area contributed by atoms with Crippen LogP contribution in [0.2, 0.25) is 25.1 Å². The summed E-state index contributed by atoms with van der Waals surface area (Å²) in [6.07, 6.45) is 5.33. The van der Waals surface area contributed by atoms with Crippen LogP contribution in [0.4, 0.5) is 0 Å². The summed E-state index contributed by atoms with van der Waals surface area (Å²) < 4.78 is 11.2. The largest absolute Gasteiger partial charge is 0.496 e. The predicted octanol–water partition coefficient (Wildman–Crippen LogP) is 7.53. The Balaban J connectivity index is 1.84. The Kier molecular flexibility index (Phi) is 7.06. The summed E-state index contributed by atoms with van der Waals surface area (Å²) in [5, 5.41) is 0.345. The Morgan fingerprint density at radius 1 is 1.04 bits per heavy atom. The monoisotopic (exact) mass is 478 g/mol. The number of ether oxygens (including phenoxy) is 2. The van der Waals surface area contributed by atoms with Crippen LogP contribution >= 0.6 is 58.0 Å². The Morgan fingerprint density at radius 2 is 1.64 bits per heavy atom. The highest BCUT2D eigenvalue weighted by Gasteiger charge is 2.27. The van der Waals surface area contributed by atoms with Crippen LogP contribution in [0, 0.1) is 5.92 Å². The minimum Gasteiger partial charge on any atom is -0.496 e. The average Bonchev–Trinajstić information content (AvgIpc) is 3.54. The van der Waals surface area contributed by atoms with Gasteiger partial charge in [0.15, 0.2) is 11.5 Å². The third-order valence-electron chi connectivity index (χ3n) is 4.27. The number of carbonyl (C=O) groups is 1. The number of benzene rings is 2. The van der Waals surface area contributed by atoms with Gasteiger partial charge in [-0.1, -0.05) is 70.1 Å². The van der Waals surface area contributed by atoms with Gasteiger partial charge in [-0.2, -0.15) is 0 Å². The van der Waals surface area contributed by atoms with Crippen molar-refractivity contribution >= 4 is 69.9 Å². The van der Waals surface area contributed by atoms with E-state index in [1.165, 1.54) is 0 Å². The second-order valence-electron chi connectivity index (χ2n) is 6.27. The molecule has 3 nitrogen and oxygen atoms in total. The van der Waals surface area contributed by atoms with Crippen LogP contribution in [0.15, 0.2) is 24.3 Å². The number of hydrogen-bond donors (Lipinski definition) is 0. The Bertz CT molecular complexity index is 922. The molecule has 0 N–H and O–H groups in total. The quantitative estimate of drug-likeness (QED) is 0.233. The van der Waals surface area contributed by atoms with E-state index in [4.69, 9.17) is 67.5 Å². The van der Waals surface area contributed by atoms with Gasteiger partial charge < -0.3 is 9.47 Å². The fraction of sp³-hybridized carbons (Fsp3) is 0.250. The van der Waals surface area contributed by atoms with Gasteiger partial charge in [0.2, 0.25) is 0 Å². The number of rotatable bonds is 7. The molecular weight excluding hydrogens is 465 g/mol. The highest BCUT2D eigenvalue weighted by Crippen LogP contribution is 2.48. The first kappa shape index (κ1) is 21.6. The SMILES string of the molecule is COc1ccc(/C=C/C(=O)C2CC2)cc1COc1c(Cl)c(Cl)c(Cl)c(Cl)c1Cl. The lowest BCUT2D eigenvalue weighted by Crippen LogP contribution is -2.01. The molecule has 1 fully saturated rings. The maximum absolute atomic E-state index is 11.9. The van der Waals surface area contributed by atoms with Crippen molar-refractivity contribution in [3.05, 3.63) is 60.5 Å². The average molecular weight is 481 g/mol. The molecule has 2 aromatic rings. The van der Waals surface area contributed by atoms with E-state index in [2.05, 4.69) is 0 Å². The van der Waals surface area contributed by atoms with Gasteiger partial charge in [-0.05, 0) is 36.6 Å². The lowest BCUT2D eigenvalue weighted by molar-refractivity contribution is -0.115.